The Morgan fingerprint density at radius 1 is 1.03 bits per heavy atom. The third-order valence-electron chi connectivity index (χ3n) is 8.13. The van der Waals surface area contributed by atoms with Gasteiger partial charge >= 0.3 is 0 Å². The number of rotatable bonds is 8. The van der Waals surface area contributed by atoms with Gasteiger partial charge in [-0.25, -0.2) is 0 Å². The van der Waals surface area contributed by atoms with Gasteiger partial charge in [0.15, 0.2) is 0 Å². The van der Waals surface area contributed by atoms with Crippen molar-refractivity contribution in [1.29, 1.82) is 0 Å². The van der Waals surface area contributed by atoms with Crippen molar-refractivity contribution in [3.63, 3.8) is 0 Å². The van der Waals surface area contributed by atoms with E-state index >= 15 is 0 Å². The molecule has 0 saturated heterocycles. The second kappa shape index (κ2) is 11.2. The average molecular weight is 410 g/mol. The van der Waals surface area contributed by atoms with E-state index in [4.69, 9.17) is 0 Å². The predicted molar refractivity (Wildman–Crippen MR) is 129 cm³/mol. The molecule has 0 bridgehead atoms. The normalized spacial score (nSPS) is 26.9. The zero-order valence-electron chi connectivity index (χ0n) is 19.7. The maximum absolute atomic E-state index is 11.9. The van der Waals surface area contributed by atoms with Crippen molar-refractivity contribution in [2.45, 2.75) is 96.8 Å². The molecule has 2 aliphatic rings. The Morgan fingerprint density at radius 2 is 1.67 bits per heavy atom. The number of carbonyl (C=O) groups is 1. The number of hydrogen-bond donors (Lipinski definition) is 0. The second-order valence-electron chi connectivity index (χ2n) is 10.0. The second-order valence-corrected chi connectivity index (χ2v) is 10.0. The summed E-state index contributed by atoms with van der Waals surface area (Å²) in [5.41, 5.74) is 3.79. The summed E-state index contributed by atoms with van der Waals surface area (Å²) in [7, 11) is 1.82. The van der Waals surface area contributed by atoms with Gasteiger partial charge in [0.25, 0.3) is 0 Å². The third-order valence-corrected chi connectivity index (χ3v) is 8.13. The Balaban J connectivity index is 1.49. The molecule has 0 radical (unpaired) electrons. The topological polar surface area (TPSA) is 20.3 Å². The van der Waals surface area contributed by atoms with Crippen LogP contribution in [0.3, 0.4) is 0 Å². The molecule has 166 valence electrons. The Morgan fingerprint density at radius 3 is 2.23 bits per heavy atom. The van der Waals surface area contributed by atoms with Crippen molar-refractivity contribution in [1.82, 2.24) is 0 Å². The van der Waals surface area contributed by atoms with Crippen molar-refractivity contribution >= 4 is 11.6 Å². The summed E-state index contributed by atoms with van der Waals surface area (Å²) in [6.45, 7) is 8.11. The molecule has 1 aromatic rings. The smallest absolute Gasteiger partial charge is 0.250 e. The summed E-state index contributed by atoms with van der Waals surface area (Å²) in [6, 6.07) is 6.54. The molecular formula is C28H43NO. The number of amides is 1. The monoisotopic (exact) mass is 409 g/mol. The molecule has 0 N–H and O–H groups in total. The Kier molecular flexibility index (Phi) is 8.60. The number of anilines is 1. The highest BCUT2D eigenvalue weighted by Gasteiger charge is 2.31. The van der Waals surface area contributed by atoms with Crippen LogP contribution in [0.1, 0.15) is 101 Å². The van der Waals surface area contributed by atoms with Crippen LogP contribution >= 0.6 is 0 Å². The lowest BCUT2D eigenvalue weighted by molar-refractivity contribution is -0.113. The van der Waals surface area contributed by atoms with Gasteiger partial charge in [-0.15, -0.1) is 0 Å². The highest BCUT2D eigenvalue weighted by molar-refractivity contribution is 6.00. The van der Waals surface area contributed by atoms with Gasteiger partial charge < -0.3 is 4.90 Å². The number of nitrogens with zero attached hydrogens (tertiary/aromatic N) is 1. The van der Waals surface area contributed by atoms with Crippen LogP contribution in [0.25, 0.3) is 0 Å². The molecule has 1 aromatic carbocycles. The molecule has 0 unspecified atom stereocenters. The summed E-state index contributed by atoms with van der Waals surface area (Å²) in [6.07, 6.45) is 18.5. The molecule has 2 saturated carbocycles. The standard InChI is InChI=1S/C28H43NO/c1-5-7-8-9-22-10-12-23(13-11-22)24-14-16-25(17-15-24)27-19-18-26(20-21(27)3)29(4)28(30)6-2/h6,18-20,22-25H,2,5,7-17H2,1,3-4H3. The van der Waals surface area contributed by atoms with Gasteiger partial charge in [-0.2, -0.15) is 0 Å². The molecule has 30 heavy (non-hydrogen) atoms. The van der Waals surface area contributed by atoms with Crippen LogP contribution < -0.4 is 4.90 Å². The first-order valence-electron chi connectivity index (χ1n) is 12.5. The van der Waals surface area contributed by atoms with Gasteiger partial charge in [-0.1, -0.05) is 58.1 Å². The van der Waals surface area contributed by atoms with Crippen LogP contribution in [0.15, 0.2) is 30.9 Å². The highest BCUT2D eigenvalue weighted by atomic mass is 16.2. The van der Waals surface area contributed by atoms with Gasteiger partial charge in [-0.3, -0.25) is 4.79 Å². The van der Waals surface area contributed by atoms with E-state index in [0.717, 1.165) is 23.4 Å². The molecule has 0 aromatic heterocycles. The highest BCUT2D eigenvalue weighted by Crippen LogP contribution is 2.45. The molecular weight excluding hydrogens is 366 g/mol. The summed E-state index contributed by atoms with van der Waals surface area (Å²) in [4.78, 5) is 13.6. The van der Waals surface area contributed by atoms with Crippen molar-refractivity contribution in [2.75, 3.05) is 11.9 Å². The van der Waals surface area contributed by atoms with Crippen LogP contribution in [-0.2, 0) is 4.79 Å². The Labute approximate surface area is 185 Å². The maximum Gasteiger partial charge on any atom is 0.250 e. The van der Waals surface area contributed by atoms with E-state index < -0.39 is 0 Å². The molecule has 1 amide bonds. The molecule has 0 atom stereocenters. The minimum atomic E-state index is -0.0530. The number of unbranched alkanes of at least 4 members (excludes halogenated alkanes) is 2. The summed E-state index contributed by atoms with van der Waals surface area (Å²) in [5, 5.41) is 0. The molecule has 2 fully saturated rings. The van der Waals surface area contributed by atoms with Crippen molar-refractivity contribution in [3.8, 4) is 0 Å². The van der Waals surface area contributed by atoms with E-state index in [1.54, 1.807) is 4.90 Å². The zero-order valence-corrected chi connectivity index (χ0v) is 19.7. The molecule has 2 nitrogen and oxygen atoms in total. The van der Waals surface area contributed by atoms with E-state index in [0.29, 0.717) is 5.92 Å². The SMILES string of the molecule is C=CC(=O)N(C)c1ccc(C2CCC(C3CCC(CCCCC)CC3)CC2)c(C)c1. The largest absolute Gasteiger partial charge is 0.312 e. The lowest BCUT2D eigenvalue weighted by atomic mass is 9.67. The minimum Gasteiger partial charge on any atom is -0.312 e. The first kappa shape index (κ1) is 23.1. The molecule has 2 heteroatoms. The van der Waals surface area contributed by atoms with Crippen LogP contribution in [-0.4, -0.2) is 13.0 Å². The van der Waals surface area contributed by atoms with Gasteiger partial charge in [0.1, 0.15) is 0 Å². The van der Waals surface area contributed by atoms with E-state index in [-0.39, 0.29) is 5.91 Å². The quantitative estimate of drug-likeness (QED) is 0.317. The van der Waals surface area contributed by atoms with Gasteiger partial charge in [0.2, 0.25) is 5.91 Å². The number of hydrogen-bond acceptors (Lipinski definition) is 1. The molecule has 0 heterocycles. The Bertz CT molecular complexity index is 693. The lowest BCUT2D eigenvalue weighted by Crippen LogP contribution is -2.26. The fourth-order valence-corrected chi connectivity index (χ4v) is 6.12. The van der Waals surface area contributed by atoms with Crippen LogP contribution in [0.5, 0.6) is 0 Å². The molecule has 2 aliphatic carbocycles. The molecule has 0 spiro atoms. The van der Waals surface area contributed by atoms with Gasteiger partial charge in [0.05, 0.1) is 0 Å². The lowest BCUT2D eigenvalue weighted by Gasteiger charge is -2.38. The number of benzene rings is 1. The molecule has 3 rings (SSSR count). The third kappa shape index (κ3) is 5.77. The number of carbonyl (C=O) groups excluding carboxylic acids is 1. The minimum absolute atomic E-state index is 0.0530. The average Bonchev–Trinajstić information content (AvgIpc) is 2.79. The van der Waals surface area contributed by atoms with E-state index in [2.05, 4.69) is 38.6 Å². The van der Waals surface area contributed by atoms with Gasteiger partial charge in [0, 0.05) is 12.7 Å². The Hall–Kier alpha value is -1.57. The first-order valence-corrected chi connectivity index (χ1v) is 12.5. The molecule has 0 aliphatic heterocycles. The van der Waals surface area contributed by atoms with Crippen molar-refractivity contribution in [2.24, 2.45) is 17.8 Å². The summed E-state index contributed by atoms with van der Waals surface area (Å²) < 4.78 is 0. The van der Waals surface area contributed by atoms with Crippen molar-refractivity contribution in [3.05, 3.63) is 42.0 Å². The predicted octanol–water partition coefficient (Wildman–Crippen LogP) is 7.80. The fraction of sp³-hybridized carbons (Fsp3) is 0.679. The van der Waals surface area contributed by atoms with E-state index in [9.17, 15) is 4.79 Å². The van der Waals surface area contributed by atoms with Crippen molar-refractivity contribution < 1.29 is 4.79 Å². The summed E-state index contributed by atoms with van der Waals surface area (Å²) >= 11 is 0. The fourth-order valence-electron chi connectivity index (χ4n) is 6.12. The van der Waals surface area contributed by atoms with Crippen LogP contribution in [0.4, 0.5) is 5.69 Å². The van der Waals surface area contributed by atoms with E-state index in [1.165, 1.54) is 94.3 Å². The number of aryl methyl sites for hydroxylation is 1. The van der Waals surface area contributed by atoms with E-state index in [1.807, 2.05) is 7.05 Å². The maximum atomic E-state index is 11.9. The number of likely N-dealkylation sites (N-methyl/N-ethyl adjacent to an activating group) is 1. The van der Waals surface area contributed by atoms with Crippen LogP contribution in [0, 0.1) is 24.7 Å². The van der Waals surface area contributed by atoms with Crippen LogP contribution in [0.2, 0.25) is 0 Å². The summed E-state index contributed by atoms with van der Waals surface area (Å²) in [5.74, 6) is 3.63. The zero-order chi connectivity index (χ0) is 21.5. The van der Waals surface area contributed by atoms with Gasteiger partial charge in [-0.05, 0) is 98.5 Å². The first-order chi connectivity index (χ1) is 14.5.